The maximum absolute atomic E-state index is 5.62. The molecule has 3 N–H and O–H groups in total. The summed E-state index contributed by atoms with van der Waals surface area (Å²) < 4.78 is 10.7. The first-order chi connectivity index (χ1) is 9.26. The van der Waals surface area contributed by atoms with Crippen molar-refractivity contribution >= 4 is 11.9 Å². The lowest BCUT2D eigenvalue weighted by Gasteiger charge is -2.31. The van der Waals surface area contributed by atoms with Crippen molar-refractivity contribution in [2.75, 3.05) is 37.1 Å². The fraction of sp³-hybridized carbons (Fsp3) is 0.727. The third-order valence-corrected chi connectivity index (χ3v) is 3.04. The van der Waals surface area contributed by atoms with E-state index < -0.39 is 0 Å². The summed E-state index contributed by atoms with van der Waals surface area (Å²) in [4.78, 5) is 14.5. The highest BCUT2D eigenvalue weighted by molar-refractivity contribution is 5.38. The smallest absolute Gasteiger partial charge is 0.322 e. The first-order valence-electron chi connectivity index (χ1n) is 6.40. The van der Waals surface area contributed by atoms with Crippen LogP contribution < -0.4 is 20.9 Å². The monoisotopic (exact) mass is 268 g/mol. The first-order valence-corrected chi connectivity index (χ1v) is 6.40. The van der Waals surface area contributed by atoms with Crippen LogP contribution in [0.1, 0.15) is 19.8 Å². The average molecular weight is 268 g/mol. The van der Waals surface area contributed by atoms with Gasteiger partial charge in [-0.2, -0.15) is 15.0 Å². The Balaban J connectivity index is 2.06. The highest BCUT2D eigenvalue weighted by atomic mass is 16.5. The van der Waals surface area contributed by atoms with Crippen LogP contribution in [0, 0.1) is 0 Å². The van der Waals surface area contributed by atoms with Crippen LogP contribution in [0.3, 0.4) is 0 Å². The fourth-order valence-electron chi connectivity index (χ4n) is 2.10. The molecule has 1 aliphatic heterocycles. The molecule has 1 aliphatic rings. The van der Waals surface area contributed by atoms with E-state index in [0.717, 1.165) is 32.5 Å². The zero-order valence-electron chi connectivity index (χ0n) is 11.3. The molecular formula is C11H20N6O2. The molecule has 1 aromatic rings. The molecule has 8 heteroatoms. The molecule has 0 amide bonds. The predicted molar refractivity (Wildman–Crippen MR) is 71.1 cm³/mol. The topological polar surface area (TPSA) is 98.4 Å². The number of anilines is 2. The van der Waals surface area contributed by atoms with Gasteiger partial charge in [-0.1, -0.05) is 0 Å². The Bertz CT molecular complexity index is 386. The highest BCUT2D eigenvalue weighted by Gasteiger charge is 2.22. The van der Waals surface area contributed by atoms with Gasteiger partial charge in [0.1, 0.15) is 0 Å². The van der Waals surface area contributed by atoms with Crippen molar-refractivity contribution in [3.05, 3.63) is 0 Å². The van der Waals surface area contributed by atoms with E-state index in [2.05, 4.69) is 25.3 Å². The van der Waals surface area contributed by atoms with Crippen LogP contribution >= 0.6 is 0 Å². The van der Waals surface area contributed by atoms with Crippen molar-refractivity contribution in [2.45, 2.75) is 25.9 Å². The quantitative estimate of drug-likeness (QED) is 0.576. The summed E-state index contributed by atoms with van der Waals surface area (Å²) >= 11 is 0. The Labute approximate surface area is 112 Å². The fourth-order valence-corrected chi connectivity index (χ4v) is 2.10. The molecule has 19 heavy (non-hydrogen) atoms. The number of hydrogen-bond acceptors (Lipinski definition) is 8. The van der Waals surface area contributed by atoms with Crippen LogP contribution in [0.5, 0.6) is 6.01 Å². The standard InChI is InChI=1S/C11H20N6O2/c1-3-19-8-4-6-17(7-5-8)10-13-9(16-12)14-11(15-10)18-2/h8H,3-7,12H2,1-2H3,(H,13,14,15,16). The zero-order valence-corrected chi connectivity index (χ0v) is 11.3. The SMILES string of the molecule is CCOC1CCN(c2nc(NN)nc(OC)n2)CC1. The number of nitrogens with two attached hydrogens (primary N) is 1. The van der Waals surface area contributed by atoms with Gasteiger partial charge in [-0.05, 0) is 19.8 Å². The summed E-state index contributed by atoms with van der Waals surface area (Å²) in [6, 6.07) is 0.255. The molecule has 0 atom stereocenters. The number of methoxy groups -OCH3 is 1. The predicted octanol–water partition coefficient (Wildman–Crippen LogP) is 0.171. The van der Waals surface area contributed by atoms with Gasteiger partial charge in [-0.3, -0.25) is 5.43 Å². The molecule has 2 heterocycles. The molecule has 2 rings (SSSR count). The largest absolute Gasteiger partial charge is 0.467 e. The van der Waals surface area contributed by atoms with E-state index in [-0.39, 0.29) is 6.01 Å². The Hall–Kier alpha value is -1.67. The first kappa shape index (κ1) is 13.8. The van der Waals surface area contributed by atoms with E-state index in [0.29, 0.717) is 18.0 Å². The molecule has 0 aliphatic carbocycles. The minimum atomic E-state index is 0.255. The molecule has 0 unspecified atom stereocenters. The third-order valence-electron chi connectivity index (χ3n) is 3.04. The van der Waals surface area contributed by atoms with Crippen molar-refractivity contribution in [1.29, 1.82) is 0 Å². The Kier molecular flexibility index (Phi) is 4.69. The number of rotatable bonds is 5. The second kappa shape index (κ2) is 6.48. The molecule has 106 valence electrons. The Morgan fingerprint density at radius 2 is 2.05 bits per heavy atom. The van der Waals surface area contributed by atoms with Gasteiger partial charge in [-0.15, -0.1) is 0 Å². The Morgan fingerprint density at radius 1 is 1.32 bits per heavy atom. The molecule has 1 fully saturated rings. The maximum Gasteiger partial charge on any atom is 0.322 e. The Morgan fingerprint density at radius 3 is 2.63 bits per heavy atom. The molecule has 0 radical (unpaired) electrons. The van der Waals surface area contributed by atoms with Gasteiger partial charge in [0.05, 0.1) is 13.2 Å². The van der Waals surface area contributed by atoms with Gasteiger partial charge in [0.2, 0.25) is 11.9 Å². The summed E-state index contributed by atoms with van der Waals surface area (Å²) in [6.07, 6.45) is 2.26. The van der Waals surface area contributed by atoms with Crippen LogP contribution in [0.25, 0.3) is 0 Å². The lowest BCUT2D eigenvalue weighted by Crippen LogP contribution is -2.38. The van der Waals surface area contributed by atoms with E-state index in [1.165, 1.54) is 7.11 Å². The van der Waals surface area contributed by atoms with Gasteiger partial charge in [0.25, 0.3) is 0 Å². The second-order valence-electron chi connectivity index (χ2n) is 4.23. The third kappa shape index (κ3) is 3.42. The van der Waals surface area contributed by atoms with E-state index in [1.807, 2.05) is 6.92 Å². The highest BCUT2D eigenvalue weighted by Crippen LogP contribution is 2.20. The molecule has 1 saturated heterocycles. The summed E-state index contributed by atoms with van der Waals surface area (Å²) in [5.41, 5.74) is 2.42. The lowest BCUT2D eigenvalue weighted by molar-refractivity contribution is 0.0457. The summed E-state index contributed by atoms with van der Waals surface area (Å²) in [7, 11) is 1.51. The van der Waals surface area contributed by atoms with Crippen LogP contribution in [0.2, 0.25) is 0 Å². The van der Waals surface area contributed by atoms with Crippen LogP contribution in [-0.4, -0.2) is 47.9 Å². The number of nitrogen functional groups attached to an aromatic ring is 1. The van der Waals surface area contributed by atoms with Crippen molar-refractivity contribution in [3.63, 3.8) is 0 Å². The molecule has 1 aromatic heterocycles. The molecule has 0 saturated carbocycles. The average Bonchev–Trinajstić information content (AvgIpc) is 2.47. The van der Waals surface area contributed by atoms with Crippen molar-refractivity contribution in [3.8, 4) is 6.01 Å². The zero-order chi connectivity index (χ0) is 13.7. The van der Waals surface area contributed by atoms with Crippen LogP contribution in [-0.2, 0) is 4.74 Å². The molecule has 0 spiro atoms. The number of hydrogen-bond donors (Lipinski definition) is 2. The van der Waals surface area contributed by atoms with Gasteiger partial charge in [0, 0.05) is 19.7 Å². The molecule has 0 aromatic carbocycles. The van der Waals surface area contributed by atoms with E-state index in [1.54, 1.807) is 0 Å². The van der Waals surface area contributed by atoms with Gasteiger partial charge < -0.3 is 14.4 Å². The minimum Gasteiger partial charge on any atom is -0.467 e. The van der Waals surface area contributed by atoms with Gasteiger partial charge in [-0.25, -0.2) is 5.84 Å². The summed E-state index contributed by atoms with van der Waals surface area (Å²) in [5.74, 6) is 6.21. The number of piperidine rings is 1. The van der Waals surface area contributed by atoms with Crippen LogP contribution in [0.15, 0.2) is 0 Å². The van der Waals surface area contributed by atoms with E-state index >= 15 is 0 Å². The lowest BCUT2D eigenvalue weighted by atomic mass is 10.1. The number of nitrogens with zero attached hydrogens (tertiary/aromatic N) is 4. The molecule has 8 nitrogen and oxygen atoms in total. The number of hydrazine groups is 1. The second-order valence-corrected chi connectivity index (χ2v) is 4.23. The maximum atomic E-state index is 5.62. The van der Waals surface area contributed by atoms with Gasteiger partial charge in [0.15, 0.2) is 0 Å². The van der Waals surface area contributed by atoms with Gasteiger partial charge >= 0.3 is 6.01 Å². The van der Waals surface area contributed by atoms with Crippen molar-refractivity contribution in [1.82, 2.24) is 15.0 Å². The van der Waals surface area contributed by atoms with Crippen molar-refractivity contribution < 1.29 is 9.47 Å². The van der Waals surface area contributed by atoms with Crippen molar-refractivity contribution in [2.24, 2.45) is 5.84 Å². The number of ether oxygens (including phenoxy) is 2. The molecule has 0 bridgehead atoms. The minimum absolute atomic E-state index is 0.255. The van der Waals surface area contributed by atoms with E-state index in [9.17, 15) is 0 Å². The summed E-state index contributed by atoms with van der Waals surface area (Å²) in [6.45, 7) is 4.47. The number of nitrogens with one attached hydrogen (secondary N) is 1. The molecular weight excluding hydrogens is 248 g/mol. The number of aromatic nitrogens is 3. The normalized spacial score (nSPS) is 16.5. The summed E-state index contributed by atoms with van der Waals surface area (Å²) in [5, 5.41) is 0. The van der Waals surface area contributed by atoms with E-state index in [4.69, 9.17) is 15.3 Å². The van der Waals surface area contributed by atoms with Crippen LogP contribution in [0.4, 0.5) is 11.9 Å².